The van der Waals surface area contributed by atoms with Gasteiger partial charge in [-0.25, -0.2) is 4.79 Å². The molecular formula is C19H23N3O3. The largest absolute Gasteiger partial charge is 0.497 e. The number of amides is 2. The van der Waals surface area contributed by atoms with E-state index >= 15 is 0 Å². The Hall–Kier alpha value is -2.60. The topological polar surface area (TPSA) is 63.7 Å². The van der Waals surface area contributed by atoms with Crippen LogP contribution in [0, 0.1) is 0 Å². The number of aromatic nitrogens is 1. The van der Waals surface area contributed by atoms with Gasteiger partial charge in [-0.2, -0.15) is 0 Å². The molecule has 1 aromatic carbocycles. The predicted molar refractivity (Wildman–Crippen MR) is 95.6 cm³/mol. The lowest BCUT2D eigenvalue weighted by Crippen LogP contribution is -2.39. The van der Waals surface area contributed by atoms with Crippen LogP contribution in [0.15, 0.2) is 48.8 Å². The third-order valence-corrected chi connectivity index (χ3v) is 4.20. The fraction of sp³-hybridized carbons (Fsp3) is 0.368. The van der Waals surface area contributed by atoms with Crippen molar-refractivity contribution in [1.29, 1.82) is 0 Å². The van der Waals surface area contributed by atoms with E-state index in [0.29, 0.717) is 13.1 Å². The van der Waals surface area contributed by atoms with Crippen molar-refractivity contribution in [2.75, 3.05) is 25.6 Å². The second-order valence-electron chi connectivity index (χ2n) is 6.03. The van der Waals surface area contributed by atoms with Crippen molar-refractivity contribution < 1.29 is 14.3 Å². The third-order valence-electron chi connectivity index (χ3n) is 4.20. The van der Waals surface area contributed by atoms with Gasteiger partial charge in [0.05, 0.1) is 13.2 Å². The molecule has 1 aliphatic heterocycles. The van der Waals surface area contributed by atoms with Crippen LogP contribution < -0.4 is 10.1 Å². The molecule has 25 heavy (non-hydrogen) atoms. The van der Waals surface area contributed by atoms with Gasteiger partial charge in [0.15, 0.2) is 0 Å². The maximum Gasteiger partial charge on any atom is 0.322 e. The fourth-order valence-corrected chi connectivity index (χ4v) is 2.84. The summed E-state index contributed by atoms with van der Waals surface area (Å²) in [5.74, 6) is 0.756. The van der Waals surface area contributed by atoms with Crippen molar-refractivity contribution in [3.05, 3.63) is 54.4 Å². The van der Waals surface area contributed by atoms with Gasteiger partial charge >= 0.3 is 6.03 Å². The quantitative estimate of drug-likeness (QED) is 0.875. The van der Waals surface area contributed by atoms with Crippen LogP contribution in [0.3, 0.4) is 0 Å². The average molecular weight is 341 g/mol. The molecule has 0 radical (unpaired) electrons. The van der Waals surface area contributed by atoms with Gasteiger partial charge in [0, 0.05) is 37.8 Å². The SMILES string of the molecule is COc1ccc(NC(=O)N(Cc2ccncc2)C[C@H]2CCCO2)cc1. The number of carbonyl (C=O) groups excluding carboxylic acids is 1. The van der Waals surface area contributed by atoms with E-state index in [-0.39, 0.29) is 12.1 Å². The first-order valence-corrected chi connectivity index (χ1v) is 8.45. The summed E-state index contributed by atoms with van der Waals surface area (Å²) < 4.78 is 10.8. The molecule has 2 amide bonds. The van der Waals surface area contributed by atoms with Crippen LogP contribution in [0.5, 0.6) is 5.75 Å². The smallest absolute Gasteiger partial charge is 0.322 e. The number of hydrogen-bond acceptors (Lipinski definition) is 4. The first-order chi connectivity index (χ1) is 12.2. The number of ether oxygens (including phenoxy) is 2. The Kier molecular flexibility index (Phi) is 5.85. The van der Waals surface area contributed by atoms with E-state index in [4.69, 9.17) is 9.47 Å². The Bertz CT molecular complexity index is 670. The van der Waals surface area contributed by atoms with Gasteiger partial charge in [-0.05, 0) is 54.8 Å². The Balaban J connectivity index is 1.68. The lowest BCUT2D eigenvalue weighted by molar-refractivity contribution is 0.0819. The summed E-state index contributed by atoms with van der Waals surface area (Å²) in [6, 6.07) is 11.0. The fourth-order valence-electron chi connectivity index (χ4n) is 2.84. The van der Waals surface area contributed by atoms with Gasteiger partial charge in [-0.15, -0.1) is 0 Å². The zero-order valence-corrected chi connectivity index (χ0v) is 14.4. The molecule has 6 heteroatoms. The summed E-state index contributed by atoms with van der Waals surface area (Å²) in [5, 5.41) is 2.95. The number of carbonyl (C=O) groups is 1. The average Bonchev–Trinajstić information content (AvgIpc) is 3.16. The number of nitrogens with zero attached hydrogens (tertiary/aromatic N) is 2. The van der Waals surface area contributed by atoms with E-state index in [0.717, 1.165) is 36.4 Å². The number of urea groups is 1. The molecule has 132 valence electrons. The highest BCUT2D eigenvalue weighted by Gasteiger charge is 2.23. The first-order valence-electron chi connectivity index (χ1n) is 8.45. The number of nitrogens with one attached hydrogen (secondary N) is 1. The number of rotatable bonds is 6. The first kappa shape index (κ1) is 17.2. The van der Waals surface area contributed by atoms with Crippen LogP contribution in [0.4, 0.5) is 10.5 Å². The Labute approximate surface area is 147 Å². The number of hydrogen-bond donors (Lipinski definition) is 1. The minimum Gasteiger partial charge on any atom is -0.497 e. The maximum absolute atomic E-state index is 12.8. The lowest BCUT2D eigenvalue weighted by atomic mass is 10.2. The van der Waals surface area contributed by atoms with Crippen LogP contribution in [-0.2, 0) is 11.3 Å². The van der Waals surface area contributed by atoms with E-state index in [2.05, 4.69) is 10.3 Å². The van der Waals surface area contributed by atoms with E-state index in [1.807, 2.05) is 36.4 Å². The van der Waals surface area contributed by atoms with Crippen molar-refractivity contribution in [2.24, 2.45) is 0 Å². The molecule has 0 unspecified atom stereocenters. The lowest BCUT2D eigenvalue weighted by Gasteiger charge is -2.26. The highest BCUT2D eigenvalue weighted by Crippen LogP contribution is 2.18. The molecule has 3 rings (SSSR count). The van der Waals surface area contributed by atoms with Crippen LogP contribution in [0.1, 0.15) is 18.4 Å². The van der Waals surface area contributed by atoms with Crippen LogP contribution in [0.25, 0.3) is 0 Å². The molecule has 0 spiro atoms. The number of pyridine rings is 1. The van der Waals surface area contributed by atoms with Crippen LogP contribution >= 0.6 is 0 Å². The molecule has 1 aromatic heterocycles. The standard InChI is InChI=1S/C19H23N3O3/c1-24-17-6-4-16(5-7-17)21-19(23)22(14-18-3-2-12-25-18)13-15-8-10-20-11-9-15/h4-11,18H,2-3,12-14H2,1H3,(H,21,23)/t18-/m1/s1. The molecule has 0 aliphatic carbocycles. The molecule has 2 heterocycles. The summed E-state index contributed by atoms with van der Waals surface area (Å²) in [6.45, 7) is 1.86. The van der Waals surface area contributed by atoms with Crippen molar-refractivity contribution in [3.63, 3.8) is 0 Å². The molecule has 1 saturated heterocycles. The van der Waals surface area contributed by atoms with E-state index in [1.165, 1.54) is 0 Å². The summed E-state index contributed by atoms with van der Waals surface area (Å²) in [4.78, 5) is 18.6. The minimum atomic E-state index is -0.141. The molecule has 1 atom stereocenters. The van der Waals surface area contributed by atoms with E-state index < -0.39 is 0 Å². The summed E-state index contributed by atoms with van der Waals surface area (Å²) in [6.07, 6.45) is 5.61. The highest BCUT2D eigenvalue weighted by molar-refractivity contribution is 5.89. The zero-order valence-electron chi connectivity index (χ0n) is 14.4. The van der Waals surface area contributed by atoms with Gasteiger partial charge < -0.3 is 19.7 Å². The Morgan fingerprint density at radius 2 is 2.04 bits per heavy atom. The van der Waals surface area contributed by atoms with Crippen LogP contribution in [0.2, 0.25) is 0 Å². The second kappa shape index (κ2) is 8.48. The van der Waals surface area contributed by atoms with Gasteiger partial charge in [-0.3, -0.25) is 4.98 Å². The van der Waals surface area contributed by atoms with Crippen LogP contribution in [-0.4, -0.2) is 42.3 Å². The van der Waals surface area contributed by atoms with Crippen molar-refractivity contribution in [1.82, 2.24) is 9.88 Å². The zero-order chi connectivity index (χ0) is 17.5. The monoisotopic (exact) mass is 341 g/mol. The molecular weight excluding hydrogens is 318 g/mol. The minimum absolute atomic E-state index is 0.100. The maximum atomic E-state index is 12.8. The van der Waals surface area contributed by atoms with Gasteiger partial charge in [0.25, 0.3) is 0 Å². The number of benzene rings is 1. The summed E-state index contributed by atoms with van der Waals surface area (Å²) in [7, 11) is 1.62. The predicted octanol–water partition coefficient (Wildman–Crippen LogP) is 3.30. The van der Waals surface area contributed by atoms with E-state index in [1.54, 1.807) is 24.4 Å². The number of anilines is 1. The molecule has 6 nitrogen and oxygen atoms in total. The molecule has 0 saturated carbocycles. The highest BCUT2D eigenvalue weighted by atomic mass is 16.5. The molecule has 1 aliphatic rings. The second-order valence-corrected chi connectivity index (χ2v) is 6.03. The van der Waals surface area contributed by atoms with Crippen molar-refractivity contribution in [3.8, 4) is 5.75 Å². The molecule has 1 fully saturated rings. The summed E-state index contributed by atoms with van der Waals surface area (Å²) in [5.41, 5.74) is 1.77. The Morgan fingerprint density at radius 3 is 2.68 bits per heavy atom. The number of methoxy groups -OCH3 is 1. The van der Waals surface area contributed by atoms with Crippen molar-refractivity contribution in [2.45, 2.75) is 25.5 Å². The third kappa shape index (κ3) is 4.93. The van der Waals surface area contributed by atoms with Crippen molar-refractivity contribution >= 4 is 11.7 Å². The molecule has 0 bridgehead atoms. The van der Waals surface area contributed by atoms with Gasteiger partial charge in [-0.1, -0.05) is 0 Å². The molecule has 1 N–H and O–H groups in total. The molecule has 2 aromatic rings. The van der Waals surface area contributed by atoms with Gasteiger partial charge in [0.1, 0.15) is 5.75 Å². The summed E-state index contributed by atoms with van der Waals surface area (Å²) >= 11 is 0. The van der Waals surface area contributed by atoms with Gasteiger partial charge in [0.2, 0.25) is 0 Å². The normalized spacial score (nSPS) is 16.4. The Morgan fingerprint density at radius 1 is 1.28 bits per heavy atom. The van der Waals surface area contributed by atoms with E-state index in [9.17, 15) is 4.79 Å².